The van der Waals surface area contributed by atoms with Gasteiger partial charge in [0, 0.05) is 38.5 Å². The molecule has 0 aromatic heterocycles. The van der Waals surface area contributed by atoms with Crippen LogP contribution in [-0.2, 0) is 9.59 Å². The van der Waals surface area contributed by atoms with E-state index in [0.717, 1.165) is 64.9 Å². The van der Waals surface area contributed by atoms with Gasteiger partial charge in [-0.3, -0.25) is 9.59 Å². The second-order valence-corrected chi connectivity index (χ2v) is 10.8. The van der Waals surface area contributed by atoms with Gasteiger partial charge < -0.3 is 15.1 Å². The Hall–Kier alpha value is -1.90. The lowest BCUT2D eigenvalue weighted by molar-refractivity contribution is -0.134. The topological polar surface area (TPSA) is 52.7 Å². The largest absolute Gasteiger partial charge is 0.416 e. The summed E-state index contributed by atoms with van der Waals surface area (Å²) in [5.41, 5.74) is -1.18. The van der Waals surface area contributed by atoms with Crippen molar-refractivity contribution in [1.82, 2.24) is 15.1 Å². The van der Waals surface area contributed by atoms with Crippen molar-refractivity contribution in [3.63, 3.8) is 0 Å². The minimum atomic E-state index is -4.70. The highest BCUT2D eigenvalue weighted by atomic mass is 19.4. The number of alkyl halides is 3. The van der Waals surface area contributed by atoms with Crippen molar-refractivity contribution in [2.24, 2.45) is 11.3 Å². The Balaban J connectivity index is 1.75. The first kappa shape index (κ1) is 28.3. The molecule has 0 bridgehead atoms. The van der Waals surface area contributed by atoms with Crippen LogP contribution in [-0.4, -0.2) is 66.6 Å². The summed E-state index contributed by atoms with van der Waals surface area (Å²) >= 11 is 0. The zero-order valence-corrected chi connectivity index (χ0v) is 20.8. The van der Waals surface area contributed by atoms with E-state index < -0.39 is 29.9 Å². The standard InChI is InChI=1S/C25H39F4N3O2/c1-18(26)14-20(25(27,28)29)7-8-22(33)30-16-19-9-12-31(13-10-19)17-21-6-5-11-32(21)23(34)15-24(2,3)4/h7,14,19,21H,5-6,8-13,15-17H2,1-4H3,(H,30,33)/b18-14+,20-7+/t21-/m0/s1. The van der Waals surface area contributed by atoms with E-state index in [-0.39, 0.29) is 23.3 Å². The average molecular weight is 490 g/mol. The zero-order chi connectivity index (χ0) is 25.5. The van der Waals surface area contributed by atoms with Crippen LogP contribution in [0.4, 0.5) is 17.6 Å². The second kappa shape index (κ2) is 12.2. The Morgan fingerprint density at radius 1 is 1.06 bits per heavy atom. The molecule has 0 radical (unpaired) electrons. The number of allylic oxidation sites excluding steroid dienone is 3. The highest BCUT2D eigenvalue weighted by Crippen LogP contribution is 2.28. The van der Waals surface area contributed by atoms with Crippen LogP contribution in [0.2, 0.25) is 0 Å². The molecule has 2 heterocycles. The molecule has 0 spiro atoms. The fourth-order valence-corrected chi connectivity index (χ4v) is 4.58. The normalized spacial score (nSPS) is 21.8. The van der Waals surface area contributed by atoms with Crippen molar-refractivity contribution in [2.75, 3.05) is 32.7 Å². The Bertz CT molecular complexity index is 759. The number of rotatable bonds is 8. The van der Waals surface area contributed by atoms with Gasteiger partial charge >= 0.3 is 6.18 Å². The summed E-state index contributed by atoms with van der Waals surface area (Å²) in [6.45, 7) is 11.0. The fraction of sp³-hybridized carbons (Fsp3) is 0.760. The summed E-state index contributed by atoms with van der Waals surface area (Å²) in [7, 11) is 0. The minimum absolute atomic E-state index is 0.0278. The Morgan fingerprint density at radius 3 is 2.26 bits per heavy atom. The SMILES string of the molecule is C/C(F)=C\C(=C/CC(=O)NCC1CCN(C[C@@H]2CCCN2C(=O)CC(C)(C)C)CC1)C(F)(F)F. The van der Waals surface area contributed by atoms with E-state index in [1.165, 1.54) is 0 Å². The van der Waals surface area contributed by atoms with Crippen molar-refractivity contribution in [3.05, 3.63) is 23.6 Å². The first-order valence-electron chi connectivity index (χ1n) is 12.1. The maximum atomic E-state index is 12.9. The molecule has 0 saturated carbocycles. The lowest BCUT2D eigenvalue weighted by Gasteiger charge is -2.36. The van der Waals surface area contributed by atoms with E-state index in [2.05, 4.69) is 31.0 Å². The Morgan fingerprint density at radius 2 is 1.71 bits per heavy atom. The molecule has 9 heteroatoms. The lowest BCUT2D eigenvalue weighted by Crippen LogP contribution is -2.47. The smallest absolute Gasteiger partial charge is 0.356 e. The van der Waals surface area contributed by atoms with Crippen LogP contribution in [0.1, 0.15) is 66.2 Å². The van der Waals surface area contributed by atoms with Crippen LogP contribution < -0.4 is 5.32 Å². The van der Waals surface area contributed by atoms with Crippen LogP contribution in [0.3, 0.4) is 0 Å². The summed E-state index contributed by atoms with van der Waals surface area (Å²) in [6.07, 6.45) is 0.344. The zero-order valence-electron chi connectivity index (χ0n) is 20.8. The summed E-state index contributed by atoms with van der Waals surface area (Å²) in [5, 5.41) is 2.71. The number of halogens is 4. The van der Waals surface area contributed by atoms with Crippen LogP contribution >= 0.6 is 0 Å². The maximum absolute atomic E-state index is 12.9. The van der Waals surface area contributed by atoms with E-state index in [0.29, 0.717) is 19.0 Å². The third kappa shape index (κ3) is 9.76. The van der Waals surface area contributed by atoms with Gasteiger partial charge in [-0.05, 0) is 63.1 Å². The van der Waals surface area contributed by atoms with Gasteiger partial charge in [-0.1, -0.05) is 26.8 Å². The molecule has 2 amide bonds. The van der Waals surface area contributed by atoms with Crippen LogP contribution in [0.15, 0.2) is 23.6 Å². The van der Waals surface area contributed by atoms with E-state index in [1.807, 2.05) is 4.90 Å². The summed E-state index contributed by atoms with van der Waals surface area (Å²) in [6, 6.07) is 0.253. The average Bonchev–Trinajstić information content (AvgIpc) is 3.16. The molecule has 2 saturated heterocycles. The molecule has 194 valence electrons. The molecule has 0 unspecified atom stereocenters. The van der Waals surface area contributed by atoms with Crippen molar-refractivity contribution < 1.29 is 27.2 Å². The van der Waals surface area contributed by atoms with Crippen LogP contribution in [0.5, 0.6) is 0 Å². The maximum Gasteiger partial charge on any atom is 0.416 e. The molecule has 1 N–H and O–H groups in total. The van der Waals surface area contributed by atoms with Gasteiger partial charge in [-0.15, -0.1) is 0 Å². The first-order chi connectivity index (χ1) is 15.7. The molecule has 2 fully saturated rings. The highest BCUT2D eigenvalue weighted by Gasteiger charge is 2.33. The predicted octanol–water partition coefficient (Wildman–Crippen LogP) is 4.99. The van der Waals surface area contributed by atoms with Gasteiger partial charge in [0.15, 0.2) is 0 Å². The highest BCUT2D eigenvalue weighted by molar-refractivity contribution is 5.78. The number of carbonyl (C=O) groups excluding carboxylic acids is 2. The van der Waals surface area contributed by atoms with Crippen molar-refractivity contribution >= 4 is 11.8 Å². The quantitative estimate of drug-likeness (QED) is 0.386. The molecule has 2 aliphatic rings. The summed E-state index contributed by atoms with van der Waals surface area (Å²) < 4.78 is 51.6. The first-order valence-corrected chi connectivity index (χ1v) is 12.1. The summed E-state index contributed by atoms with van der Waals surface area (Å²) in [5.74, 6) is -0.975. The van der Waals surface area contributed by atoms with Crippen molar-refractivity contribution in [2.45, 2.75) is 78.4 Å². The van der Waals surface area contributed by atoms with Gasteiger partial charge in [0.25, 0.3) is 0 Å². The fourth-order valence-electron chi connectivity index (χ4n) is 4.58. The molecule has 0 aliphatic carbocycles. The third-order valence-corrected chi connectivity index (χ3v) is 6.33. The lowest BCUT2D eigenvalue weighted by atomic mass is 9.91. The molecule has 34 heavy (non-hydrogen) atoms. The van der Waals surface area contributed by atoms with E-state index in [1.54, 1.807) is 0 Å². The van der Waals surface area contributed by atoms with E-state index >= 15 is 0 Å². The third-order valence-electron chi connectivity index (χ3n) is 6.33. The number of carbonyl (C=O) groups is 2. The molecule has 2 rings (SSSR count). The number of piperidine rings is 1. The Labute approximate surface area is 200 Å². The van der Waals surface area contributed by atoms with Crippen LogP contribution in [0, 0.1) is 11.3 Å². The number of nitrogens with one attached hydrogen (secondary N) is 1. The molecule has 2 aliphatic heterocycles. The molecular formula is C25H39F4N3O2. The second-order valence-electron chi connectivity index (χ2n) is 10.8. The molecule has 0 aromatic carbocycles. The summed E-state index contributed by atoms with van der Waals surface area (Å²) in [4.78, 5) is 29.1. The van der Waals surface area contributed by atoms with Crippen LogP contribution in [0.25, 0.3) is 0 Å². The van der Waals surface area contributed by atoms with Gasteiger partial charge in [-0.2, -0.15) is 13.2 Å². The van der Waals surface area contributed by atoms with Gasteiger partial charge in [0.2, 0.25) is 11.8 Å². The number of amides is 2. The molecule has 1 atom stereocenters. The van der Waals surface area contributed by atoms with E-state index in [9.17, 15) is 27.2 Å². The minimum Gasteiger partial charge on any atom is -0.356 e. The molecule has 0 aromatic rings. The van der Waals surface area contributed by atoms with Crippen molar-refractivity contribution in [1.29, 1.82) is 0 Å². The van der Waals surface area contributed by atoms with Gasteiger partial charge in [0.05, 0.1) is 11.4 Å². The number of likely N-dealkylation sites (tertiary alicyclic amines) is 2. The van der Waals surface area contributed by atoms with E-state index in [4.69, 9.17) is 0 Å². The Kier molecular flexibility index (Phi) is 10.2. The molecule has 5 nitrogen and oxygen atoms in total. The van der Waals surface area contributed by atoms with Gasteiger partial charge in [-0.25, -0.2) is 4.39 Å². The number of nitrogens with zero attached hydrogens (tertiary/aromatic N) is 2. The number of hydrogen-bond donors (Lipinski definition) is 1. The monoisotopic (exact) mass is 489 g/mol. The molecular weight excluding hydrogens is 450 g/mol. The number of hydrogen-bond acceptors (Lipinski definition) is 3. The van der Waals surface area contributed by atoms with Crippen molar-refractivity contribution in [3.8, 4) is 0 Å². The predicted molar refractivity (Wildman–Crippen MR) is 125 cm³/mol. The van der Waals surface area contributed by atoms with Gasteiger partial charge in [0.1, 0.15) is 0 Å².